The Kier molecular flexibility index (Phi) is 5.47. The first-order chi connectivity index (χ1) is 9.74. The van der Waals surface area contributed by atoms with Crippen LogP contribution in [-0.2, 0) is 6.42 Å². The average molecular weight is 339 g/mol. The summed E-state index contributed by atoms with van der Waals surface area (Å²) < 4.78 is 11.2. The fraction of sp³-hybridized carbons (Fsp3) is 0.400. The molecule has 1 aromatic heterocycles. The van der Waals surface area contributed by atoms with Crippen molar-refractivity contribution in [2.45, 2.75) is 25.1 Å². The summed E-state index contributed by atoms with van der Waals surface area (Å²) in [5.41, 5.74) is 1.15. The summed E-state index contributed by atoms with van der Waals surface area (Å²) in [6.07, 6.45) is 4.39. The number of nitrogens with one attached hydrogen (secondary N) is 1. The first-order valence-corrected chi connectivity index (χ1v) is 7.68. The maximum absolute atomic E-state index is 5.65. The van der Waals surface area contributed by atoms with Crippen molar-refractivity contribution in [1.29, 1.82) is 0 Å². The fourth-order valence-corrected chi connectivity index (χ4v) is 2.55. The predicted octanol–water partition coefficient (Wildman–Crippen LogP) is 3.89. The van der Waals surface area contributed by atoms with Gasteiger partial charge in [0, 0.05) is 23.6 Å². The summed E-state index contributed by atoms with van der Waals surface area (Å²) in [4.78, 5) is 7.54. The average Bonchev–Trinajstić information content (AvgIpc) is 2.94. The van der Waals surface area contributed by atoms with Gasteiger partial charge in [0.05, 0.1) is 13.2 Å². The number of rotatable bonds is 7. The second-order valence-corrected chi connectivity index (χ2v) is 5.39. The van der Waals surface area contributed by atoms with Crippen molar-refractivity contribution >= 4 is 15.9 Å². The smallest absolute Gasteiger partial charge is 0.161 e. The number of hydrogen-bond donors (Lipinski definition) is 1. The first-order valence-electron chi connectivity index (χ1n) is 6.76. The van der Waals surface area contributed by atoms with Crippen LogP contribution in [0.1, 0.15) is 30.1 Å². The normalized spacial score (nSPS) is 12.2. The molecule has 0 aliphatic heterocycles. The molecule has 5 heteroatoms. The molecule has 1 aromatic carbocycles. The summed E-state index contributed by atoms with van der Waals surface area (Å²) in [6, 6.07) is 6.03. The Bertz CT molecular complexity index is 529. The Labute approximate surface area is 127 Å². The molecule has 1 atom stereocenters. The molecule has 0 fully saturated rings. The van der Waals surface area contributed by atoms with Crippen molar-refractivity contribution in [3.05, 3.63) is 42.0 Å². The number of aromatic nitrogens is 2. The molecule has 1 N–H and O–H groups in total. The monoisotopic (exact) mass is 338 g/mol. The zero-order valence-corrected chi connectivity index (χ0v) is 13.3. The van der Waals surface area contributed by atoms with E-state index in [1.807, 2.05) is 32.2 Å². The molecular formula is C15H19BrN2O2. The van der Waals surface area contributed by atoms with E-state index in [0.29, 0.717) is 13.2 Å². The Hall–Kier alpha value is -1.49. The van der Waals surface area contributed by atoms with Crippen LogP contribution in [0.15, 0.2) is 30.6 Å². The summed E-state index contributed by atoms with van der Waals surface area (Å²) in [5.74, 6) is 2.53. The number of halogens is 1. The SMILES string of the molecule is CCOc1ccc(C(Br)Cc2ncc[nH]2)cc1OCC. The number of alkyl halides is 1. The predicted molar refractivity (Wildman–Crippen MR) is 82.7 cm³/mol. The Balaban J connectivity index is 2.16. The van der Waals surface area contributed by atoms with Gasteiger partial charge in [-0.15, -0.1) is 0 Å². The standard InChI is InChI=1S/C15H19BrN2O2/c1-3-19-13-6-5-11(9-14(13)20-4-2)12(16)10-15-17-7-8-18-15/h5-9,12H,3-4,10H2,1-2H3,(H,17,18). The van der Waals surface area contributed by atoms with Crippen LogP contribution in [-0.4, -0.2) is 23.2 Å². The molecule has 108 valence electrons. The van der Waals surface area contributed by atoms with Gasteiger partial charge in [0.2, 0.25) is 0 Å². The lowest BCUT2D eigenvalue weighted by atomic mass is 10.1. The van der Waals surface area contributed by atoms with Crippen molar-refractivity contribution < 1.29 is 9.47 Å². The lowest BCUT2D eigenvalue weighted by molar-refractivity contribution is 0.287. The van der Waals surface area contributed by atoms with Crippen LogP contribution in [0, 0.1) is 0 Å². The van der Waals surface area contributed by atoms with Crippen LogP contribution in [0.4, 0.5) is 0 Å². The summed E-state index contributed by atoms with van der Waals surface area (Å²) in [7, 11) is 0. The van der Waals surface area contributed by atoms with Crippen LogP contribution in [0.2, 0.25) is 0 Å². The lowest BCUT2D eigenvalue weighted by Crippen LogP contribution is -2.01. The van der Waals surface area contributed by atoms with Gasteiger partial charge in [-0.05, 0) is 31.5 Å². The first kappa shape index (κ1) is 14.9. The number of benzene rings is 1. The third-order valence-corrected chi connectivity index (χ3v) is 3.71. The number of nitrogens with zero attached hydrogens (tertiary/aromatic N) is 1. The van der Waals surface area contributed by atoms with E-state index in [4.69, 9.17) is 9.47 Å². The van der Waals surface area contributed by atoms with Crippen molar-refractivity contribution in [2.75, 3.05) is 13.2 Å². The maximum atomic E-state index is 5.65. The third-order valence-electron chi connectivity index (χ3n) is 2.86. The second-order valence-electron chi connectivity index (χ2n) is 4.28. The molecule has 0 saturated heterocycles. The van der Waals surface area contributed by atoms with Gasteiger partial charge in [0.25, 0.3) is 0 Å². The van der Waals surface area contributed by atoms with E-state index in [2.05, 4.69) is 32.0 Å². The zero-order chi connectivity index (χ0) is 14.4. The Morgan fingerprint density at radius 3 is 2.60 bits per heavy atom. The van der Waals surface area contributed by atoms with Crippen molar-refractivity contribution in [2.24, 2.45) is 0 Å². The molecule has 0 radical (unpaired) electrons. The highest BCUT2D eigenvalue weighted by Crippen LogP contribution is 2.34. The number of hydrogen-bond acceptors (Lipinski definition) is 3. The van der Waals surface area contributed by atoms with E-state index in [0.717, 1.165) is 29.3 Å². The Morgan fingerprint density at radius 2 is 1.95 bits per heavy atom. The molecule has 0 aliphatic rings. The van der Waals surface area contributed by atoms with E-state index >= 15 is 0 Å². The number of aromatic amines is 1. The second kappa shape index (κ2) is 7.33. The number of imidazole rings is 1. The minimum Gasteiger partial charge on any atom is -0.490 e. The van der Waals surface area contributed by atoms with Gasteiger partial charge in [0.1, 0.15) is 5.82 Å². The van der Waals surface area contributed by atoms with Gasteiger partial charge < -0.3 is 14.5 Å². The molecule has 2 rings (SSSR count). The number of ether oxygens (including phenoxy) is 2. The molecule has 4 nitrogen and oxygen atoms in total. The quantitative estimate of drug-likeness (QED) is 0.779. The molecule has 1 heterocycles. The minimum absolute atomic E-state index is 0.184. The van der Waals surface area contributed by atoms with E-state index in [9.17, 15) is 0 Å². The van der Waals surface area contributed by atoms with E-state index < -0.39 is 0 Å². The van der Waals surface area contributed by atoms with Crippen molar-refractivity contribution in [3.8, 4) is 11.5 Å². The number of H-pyrrole nitrogens is 1. The maximum Gasteiger partial charge on any atom is 0.161 e. The van der Waals surface area contributed by atoms with Crippen molar-refractivity contribution in [3.63, 3.8) is 0 Å². The van der Waals surface area contributed by atoms with Gasteiger partial charge in [-0.25, -0.2) is 4.98 Å². The van der Waals surface area contributed by atoms with Crippen LogP contribution in [0.3, 0.4) is 0 Å². The van der Waals surface area contributed by atoms with Crippen LogP contribution in [0.25, 0.3) is 0 Å². The highest BCUT2D eigenvalue weighted by molar-refractivity contribution is 9.09. The van der Waals surface area contributed by atoms with E-state index in [-0.39, 0.29) is 4.83 Å². The van der Waals surface area contributed by atoms with Crippen LogP contribution in [0.5, 0.6) is 11.5 Å². The topological polar surface area (TPSA) is 47.1 Å². The van der Waals surface area contributed by atoms with Gasteiger partial charge in [-0.2, -0.15) is 0 Å². The molecule has 0 aliphatic carbocycles. The molecule has 0 amide bonds. The molecule has 0 saturated carbocycles. The third kappa shape index (κ3) is 3.76. The molecule has 20 heavy (non-hydrogen) atoms. The van der Waals surface area contributed by atoms with Gasteiger partial charge in [0.15, 0.2) is 11.5 Å². The minimum atomic E-state index is 0.184. The van der Waals surface area contributed by atoms with Crippen LogP contribution < -0.4 is 9.47 Å². The van der Waals surface area contributed by atoms with E-state index in [1.165, 1.54) is 0 Å². The lowest BCUT2D eigenvalue weighted by Gasteiger charge is -2.14. The van der Waals surface area contributed by atoms with Crippen LogP contribution >= 0.6 is 15.9 Å². The molecular weight excluding hydrogens is 320 g/mol. The molecule has 1 unspecified atom stereocenters. The van der Waals surface area contributed by atoms with E-state index in [1.54, 1.807) is 6.20 Å². The van der Waals surface area contributed by atoms with Gasteiger partial charge >= 0.3 is 0 Å². The fourth-order valence-electron chi connectivity index (χ4n) is 1.96. The summed E-state index contributed by atoms with van der Waals surface area (Å²) in [6.45, 7) is 5.18. The largest absolute Gasteiger partial charge is 0.490 e. The molecule has 0 spiro atoms. The highest BCUT2D eigenvalue weighted by Gasteiger charge is 2.13. The van der Waals surface area contributed by atoms with Gasteiger partial charge in [-0.1, -0.05) is 22.0 Å². The molecule has 2 aromatic rings. The molecule has 0 bridgehead atoms. The van der Waals surface area contributed by atoms with Crippen molar-refractivity contribution in [1.82, 2.24) is 9.97 Å². The Morgan fingerprint density at radius 1 is 1.20 bits per heavy atom. The highest BCUT2D eigenvalue weighted by atomic mass is 79.9. The van der Waals surface area contributed by atoms with Gasteiger partial charge in [-0.3, -0.25) is 0 Å². The summed E-state index contributed by atoms with van der Waals surface area (Å²) in [5, 5.41) is 0. The summed E-state index contributed by atoms with van der Waals surface area (Å²) >= 11 is 3.70. The zero-order valence-electron chi connectivity index (χ0n) is 11.7.